The first kappa shape index (κ1) is 13.8. The van der Waals surface area contributed by atoms with Crippen LogP contribution in [0.1, 0.15) is 32.5 Å². The molecule has 0 saturated carbocycles. The molecule has 1 saturated heterocycles. The molecule has 1 N–H and O–H groups in total. The molecule has 1 aromatic heterocycles. The van der Waals surface area contributed by atoms with Gasteiger partial charge in [0, 0.05) is 25.8 Å². The van der Waals surface area contributed by atoms with Gasteiger partial charge in [-0.15, -0.1) is 0 Å². The molecule has 0 radical (unpaired) electrons. The maximum absolute atomic E-state index is 12.0. The average Bonchev–Trinajstić information content (AvgIpc) is 2.38. The second-order valence-electron chi connectivity index (χ2n) is 5.69. The van der Waals surface area contributed by atoms with Crippen molar-refractivity contribution in [1.29, 1.82) is 0 Å². The molecule has 2 rings (SSSR count). The average molecular weight is 263 g/mol. The standard InChI is InChI=1S/C14H21N3O2/c1-14(2,3)19-13(18)17-9-8-16-12(10-17)11-6-4-5-7-15-11/h4-7,12,16H,8-10H2,1-3H3/t12-/m0/s1. The summed E-state index contributed by atoms with van der Waals surface area (Å²) in [5.41, 5.74) is 0.499. The number of carbonyl (C=O) groups excluding carboxylic acids is 1. The van der Waals surface area contributed by atoms with E-state index in [9.17, 15) is 4.79 Å². The number of hydrogen-bond acceptors (Lipinski definition) is 4. The molecular formula is C14H21N3O2. The Bertz CT molecular complexity index is 428. The van der Waals surface area contributed by atoms with Gasteiger partial charge in [0.15, 0.2) is 0 Å². The van der Waals surface area contributed by atoms with Crippen molar-refractivity contribution in [2.24, 2.45) is 0 Å². The fourth-order valence-electron chi connectivity index (χ4n) is 2.02. The Hall–Kier alpha value is -1.62. The van der Waals surface area contributed by atoms with Crippen LogP contribution in [0.3, 0.4) is 0 Å². The Morgan fingerprint density at radius 3 is 2.89 bits per heavy atom. The molecular weight excluding hydrogens is 242 g/mol. The highest BCUT2D eigenvalue weighted by atomic mass is 16.6. The minimum Gasteiger partial charge on any atom is -0.444 e. The number of nitrogens with one attached hydrogen (secondary N) is 1. The molecule has 1 aliphatic heterocycles. The molecule has 1 aliphatic rings. The zero-order chi connectivity index (χ0) is 13.9. The fraction of sp³-hybridized carbons (Fsp3) is 0.571. The van der Waals surface area contributed by atoms with Crippen molar-refractivity contribution in [3.05, 3.63) is 30.1 Å². The van der Waals surface area contributed by atoms with Crippen LogP contribution in [0.4, 0.5) is 4.79 Å². The lowest BCUT2D eigenvalue weighted by Gasteiger charge is -2.34. The molecule has 1 fully saturated rings. The first-order valence-electron chi connectivity index (χ1n) is 6.58. The van der Waals surface area contributed by atoms with Crippen molar-refractivity contribution >= 4 is 6.09 Å². The monoisotopic (exact) mass is 263 g/mol. The number of amides is 1. The van der Waals surface area contributed by atoms with Gasteiger partial charge in [0.2, 0.25) is 0 Å². The number of piperazine rings is 1. The van der Waals surface area contributed by atoms with E-state index in [4.69, 9.17) is 4.74 Å². The van der Waals surface area contributed by atoms with Crippen molar-refractivity contribution in [2.75, 3.05) is 19.6 Å². The lowest BCUT2D eigenvalue weighted by atomic mass is 10.1. The Morgan fingerprint density at radius 1 is 1.47 bits per heavy atom. The SMILES string of the molecule is CC(C)(C)OC(=O)N1CCN[C@H](c2ccccn2)C1. The van der Waals surface area contributed by atoms with Gasteiger partial charge in [0.05, 0.1) is 11.7 Å². The number of aromatic nitrogens is 1. The van der Waals surface area contributed by atoms with Gasteiger partial charge in [0.25, 0.3) is 0 Å². The number of carbonyl (C=O) groups is 1. The number of rotatable bonds is 1. The van der Waals surface area contributed by atoms with Crippen molar-refractivity contribution < 1.29 is 9.53 Å². The summed E-state index contributed by atoms with van der Waals surface area (Å²) in [6.07, 6.45) is 1.51. The van der Waals surface area contributed by atoms with E-state index in [1.807, 2.05) is 39.0 Å². The highest BCUT2D eigenvalue weighted by Crippen LogP contribution is 2.17. The van der Waals surface area contributed by atoms with Gasteiger partial charge in [-0.2, -0.15) is 0 Å². The molecule has 19 heavy (non-hydrogen) atoms. The minimum atomic E-state index is -0.456. The van der Waals surface area contributed by atoms with Gasteiger partial charge in [0.1, 0.15) is 5.60 Å². The smallest absolute Gasteiger partial charge is 0.410 e. The Balaban J connectivity index is 2.00. The third kappa shape index (κ3) is 3.92. The van der Waals surface area contributed by atoms with Crippen molar-refractivity contribution in [3.8, 4) is 0 Å². The van der Waals surface area contributed by atoms with Crippen LogP contribution in [0, 0.1) is 0 Å². The minimum absolute atomic E-state index is 0.0717. The van der Waals surface area contributed by atoms with E-state index in [0.29, 0.717) is 13.1 Å². The number of ether oxygens (including phenoxy) is 1. The molecule has 5 nitrogen and oxygen atoms in total. The normalized spacial score (nSPS) is 20.2. The first-order chi connectivity index (χ1) is 8.96. The number of nitrogens with zero attached hydrogens (tertiary/aromatic N) is 2. The molecule has 0 unspecified atom stereocenters. The quantitative estimate of drug-likeness (QED) is 0.841. The van der Waals surface area contributed by atoms with Crippen molar-refractivity contribution in [2.45, 2.75) is 32.4 Å². The number of pyridine rings is 1. The molecule has 1 aromatic rings. The Labute approximate surface area is 114 Å². The van der Waals surface area contributed by atoms with Crippen LogP contribution in [0.15, 0.2) is 24.4 Å². The van der Waals surface area contributed by atoms with E-state index in [0.717, 1.165) is 12.2 Å². The van der Waals surface area contributed by atoms with E-state index in [1.165, 1.54) is 0 Å². The molecule has 0 aliphatic carbocycles. The summed E-state index contributed by atoms with van der Waals surface area (Å²) < 4.78 is 5.40. The van der Waals surface area contributed by atoms with Crippen LogP contribution in [0.25, 0.3) is 0 Å². The summed E-state index contributed by atoms with van der Waals surface area (Å²) in [6, 6.07) is 5.88. The van der Waals surface area contributed by atoms with Crippen LogP contribution in [-0.2, 0) is 4.74 Å². The molecule has 5 heteroatoms. The predicted molar refractivity (Wildman–Crippen MR) is 72.8 cm³/mol. The lowest BCUT2D eigenvalue weighted by Crippen LogP contribution is -2.49. The molecule has 1 atom stereocenters. The topological polar surface area (TPSA) is 54.5 Å². The van der Waals surface area contributed by atoms with E-state index >= 15 is 0 Å². The van der Waals surface area contributed by atoms with Gasteiger partial charge in [-0.3, -0.25) is 4.98 Å². The van der Waals surface area contributed by atoms with Gasteiger partial charge < -0.3 is 15.0 Å². The molecule has 104 valence electrons. The van der Waals surface area contributed by atoms with Gasteiger partial charge >= 0.3 is 6.09 Å². The van der Waals surface area contributed by atoms with Gasteiger partial charge in [-0.25, -0.2) is 4.79 Å². The molecule has 0 spiro atoms. The summed E-state index contributed by atoms with van der Waals surface area (Å²) in [4.78, 5) is 18.1. The third-order valence-corrected chi connectivity index (χ3v) is 2.87. The Morgan fingerprint density at radius 2 is 2.26 bits per heavy atom. The zero-order valence-electron chi connectivity index (χ0n) is 11.7. The summed E-state index contributed by atoms with van der Waals surface area (Å²) in [5, 5.41) is 3.37. The summed E-state index contributed by atoms with van der Waals surface area (Å²) in [7, 11) is 0. The summed E-state index contributed by atoms with van der Waals surface area (Å²) in [5.74, 6) is 0. The summed E-state index contributed by atoms with van der Waals surface area (Å²) in [6.45, 7) is 7.64. The molecule has 1 amide bonds. The Kier molecular flexibility index (Phi) is 4.04. The van der Waals surface area contributed by atoms with Crippen molar-refractivity contribution in [3.63, 3.8) is 0 Å². The summed E-state index contributed by atoms with van der Waals surface area (Å²) >= 11 is 0. The highest BCUT2D eigenvalue weighted by Gasteiger charge is 2.28. The van der Waals surface area contributed by atoms with Gasteiger partial charge in [-0.1, -0.05) is 6.07 Å². The van der Waals surface area contributed by atoms with Crippen LogP contribution in [0.2, 0.25) is 0 Å². The second-order valence-corrected chi connectivity index (χ2v) is 5.69. The molecule has 0 aromatic carbocycles. The van der Waals surface area contributed by atoms with E-state index < -0.39 is 5.60 Å². The zero-order valence-corrected chi connectivity index (χ0v) is 11.7. The first-order valence-corrected chi connectivity index (χ1v) is 6.58. The van der Waals surface area contributed by atoms with E-state index in [2.05, 4.69) is 10.3 Å². The molecule has 0 bridgehead atoms. The maximum atomic E-state index is 12.0. The molecule has 2 heterocycles. The van der Waals surface area contributed by atoms with Crippen LogP contribution < -0.4 is 5.32 Å². The fourth-order valence-corrected chi connectivity index (χ4v) is 2.02. The predicted octanol–water partition coefficient (Wildman–Crippen LogP) is 1.96. The van der Waals surface area contributed by atoms with Crippen LogP contribution >= 0.6 is 0 Å². The van der Waals surface area contributed by atoms with Crippen LogP contribution in [-0.4, -0.2) is 41.2 Å². The maximum Gasteiger partial charge on any atom is 0.410 e. The number of hydrogen-bond donors (Lipinski definition) is 1. The van der Waals surface area contributed by atoms with Crippen LogP contribution in [0.5, 0.6) is 0 Å². The van der Waals surface area contributed by atoms with E-state index in [-0.39, 0.29) is 12.1 Å². The van der Waals surface area contributed by atoms with Gasteiger partial charge in [-0.05, 0) is 32.9 Å². The third-order valence-electron chi connectivity index (χ3n) is 2.87. The highest BCUT2D eigenvalue weighted by molar-refractivity contribution is 5.68. The van der Waals surface area contributed by atoms with Crippen molar-refractivity contribution in [1.82, 2.24) is 15.2 Å². The lowest BCUT2D eigenvalue weighted by molar-refractivity contribution is 0.0194. The van der Waals surface area contributed by atoms with E-state index in [1.54, 1.807) is 11.1 Å². The second kappa shape index (κ2) is 5.57. The largest absolute Gasteiger partial charge is 0.444 e.